The highest BCUT2D eigenvalue weighted by atomic mass is 19.4. The smallest absolute Gasteiger partial charge is 0.312 e. The van der Waals surface area contributed by atoms with E-state index in [1.807, 2.05) is 0 Å². The quantitative estimate of drug-likeness (QED) is 0.801. The molecule has 1 saturated carbocycles. The molecule has 0 unspecified atom stereocenters. The molecule has 1 aromatic carbocycles. The van der Waals surface area contributed by atoms with Crippen molar-refractivity contribution in [2.45, 2.75) is 40.4 Å². The number of nitrogens with one attached hydrogen (secondary N) is 1. The maximum absolute atomic E-state index is 13.3. The van der Waals surface area contributed by atoms with Gasteiger partial charge in [0, 0.05) is 6.54 Å². The van der Waals surface area contributed by atoms with E-state index >= 15 is 0 Å². The van der Waals surface area contributed by atoms with Gasteiger partial charge in [-0.2, -0.15) is 13.2 Å². The Morgan fingerprint density at radius 1 is 1.05 bits per heavy atom. The molecule has 5 heteroatoms. The van der Waals surface area contributed by atoms with Crippen molar-refractivity contribution >= 4 is 0 Å². The van der Waals surface area contributed by atoms with Crippen molar-refractivity contribution in [3.05, 3.63) is 35.1 Å². The molecule has 2 rings (SSSR count). The summed E-state index contributed by atoms with van der Waals surface area (Å²) in [5, 5.41) is 3.15. The Morgan fingerprint density at radius 3 is 2.10 bits per heavy atom. The molecule has 1 aromatic rings. The molecule has 21 heavy (non-hydrogen) atoms. The van der Waals surface area contributed by atoms with E-state index in [0.717, 1.165) is 18.7 Å². The zero-order valence-electron chi connectivity index (χ0n) is 12.7. The van der Waals surface area contributed by atoms with Gasteiger partial charge in [0.25, 0.3) is 0 Å². The Hall–Kier alpha value is -1.10. The molecule has 1 aliphatic carbocycles. The summed E-state index contributed by atoms with van der Waals surface area (Å²) in [7, 11) is 0. The lowest BCUT2D eigenvalue weighted by Crippen LogP contribution is -2.19. The van der Waals surface area contributed by atoms with E-state index in [2.05, 4.69) is 33.0 Å². The van der Waals surface area contributed by atoms with Gasteiger partial charge in [-0.05, 0) is 47.1 Å². The molecule has 1 fully saturated rings. The van der Waals surface area contributed by atoms with Gasteiger partial charge < -0.3 is 5.32 Å². The number of alkyl halides is 3. The Morgan fingerprint density at radius 2 is 1.62 bits per heavy atom. The summed E-state index contributed by atoms with van der Waals surface area (Å²) in [6, 6.07) is 2.67. The number of halogens is 4. The summed E-state index contributed by atoms with van der Waals surface area (Å²) in [4.78, 5) is 0. The van der Waals surface area contributed by atoms with Gasteiger partial charge >= 0.3 is 6.18 Å². The van der Waals surface area contributed by atoms with Gasteiger partial charge in [-0.15, -0.1) is 0 Å². The predicted molar refractivity (Wildman–Crippen MR) is 74.2 cm³/mol. The summed E-state index contributed by atoms with van der Waals surface area (Å²) < 4.78 is 51.1. The lowest BCUT2D eigenvalue weighted by Gasteiger charge is -2.11. The van der Waals surface area contributed by atoms with Crippen LogP contribution in [-0.2, 0) is 12.7 Å². The normalized spacial score (nSPS) is 20.6. The average Bonchev–Trinajstić information content (AvgIpc) is 2.69. The Labute approximate surface area is 122 Å². The summed E-state index contributed by atoms with van der Waals surface area (Å²) >= 11 is 0. The van der Waals surface area contributed by atoms with Gasteiger partial charge in [0.05, 0.1) is 5.56 Å². The van der Waals surface area contributed by atoms with E-state index in [1.165, 1.54) is 0 Å². The Bertz CT molecular complexity index is 518. The lowest BCUT2D eigenvalue weighted by molar-refractivity contribution is -0.137. The van der Waals surface area contributed by atoms with E-state index in [4.69, 9.17) is 0 Å². The van der Waals surface area contributed by atoms with Gasteiger partial charge in [-0.25, -0.2) is 4.39 Å². The van der Waals surface area contributed by atoms with Crippen molar-refractivity contribution in [3.63, 3.8) is 0 Å². The minimum Gasteiger partial charge on any atom is -0.312 e. The molecule has 0 bridgehead atoms. The van der Waals surface area contributed by atoms with Gasteiger partial charge in [-0.1, -0.05) is 27.7 Å². The Kier molecular flexibility index (Phi) is 3.85. The highest BCUT2D eigenvalue weighted by Gasteiger charge is 2.63. The van der Waals surface area contributed by atoms with Crippen molar-refractivity contribution in [2.24, 2.45) is 16.7 Å². The third-order valence-corrected chi connectivity index (χ3v) is 5.28. The fraction of sp³-hybridized carbons (Fsp3) is 0.625. The van der Waals surface area contributed by atoms with Crippen LogP contribution in [0.5, 0.6) is 0 Å². The van der Waals surface area contributed by atoms with Crippen LogP contribution in [0.3, 0.4) is 0 Å². The molecule has 1 nitrogen and oxygen atoms in total. The zero-order valence-corrected chi connectivity index (χ0v) is 12.7. The molecular formula is C16H21F4N. The molecule has 0 heterocycles. The number of benzene rings is 1. The summed E-state index contributed by atoms with van der Waals surface area (Å²) in [6.07, 6.45) is -4.52. The van der Waals surface area contributed by atoms with E-state index < -0.39 is 17.6 Å². The first-order valence-corrected chi connectivity index (χ1v) is 7.03. The second-order valence-electron chi connectivity index (χ2n) is 6.97. The third-order valence-electron chi connectivity index (χ3n) is 5.28. The monoisotopic (exact) mass is 303 g/mol. The van der Waals surface area contributed by atoms with Crippen LogP contribution in [0, 0.1) is 22.6 Å². The second-order valence-corrected chi connectivity index (χ2v) is 6.97. The summed E-state index contributed by atoms with van der Waals surface area (Å²) in [6.45, 7) is 9.69. The van der Waals surface area contributed by atoms with Crippen molar-refractivity contribution in [2.75, 3.05) is 6.54 Å². The van der Waals surface area contributed by atoms with Crippen LogP contribution in [0.15, 0.2) is 18.2 Å². The first kappa shape index (κ1) is 16.3. The average molecular weight is 303 g/mol. The molecule has 0 atom stereocenters. The standard InChI is InChI=1S/C16H21F4N/c1-14(2)13(15(14,3)4)9-21-8-10-5-11(16(18,19)20)7-12(17)6-10/h5-7,13,21H,8-9H2,1-4H3. The Balaban J connectivity index is 1.97. The van der Waals surface area contributed by atoms with Crippen LogP contribution >= 0.6 is 0 Å². The van der Waals surface area contributed by atoms with Gasteiger partial charge in [0.1, 0.15) is 5.82 Å². The van der Waals surface area contributed by atoms with Crippen LogP contribution in [0.4, 0.5) is 17.6 Å². The van der Waals surface area contributed by atoms with Crippen LogP contribution in [0.2, 0.25) is 0 Å². The predicted octanol–water partition coefficient (Wildman–Crippen LogP) is 4.62. The van der Waals surface area contributed by atoms with Crippen LogP contribution in [0.25, 0.3) is 0 Å². The van der Waals surface area contributed by atoms with Crippen LogP contribution in [-0.4, -0.2) is 6.54 Å². The van der Waals surface area contributed by atoms with Gasteiger partial charge in [0.2, 0.25) is 0 Å². The van der Waals surface area contributed by atoms with Gasteiger partial charge in [-0.3, -0.25) is 0 Å². The minimum absolute atomic E-state index is 0.221. The largest absolute Gasteiger partial charge is 0.416 e. The van der Waals surface area contributed by atoms with E-state index in [-0.39, 0.29) is 17.4 Å². The van der Waals surface area contributed by atoms with E-state index in [9.17, 15) is 17.6 Å². The lowest BCUT2D eigenvalue weighted by atomic mass is 10.0. The van der Waals surface area contributed by atoms with Crippen molar-refractivity contribution < 1.29 is 17.6 Å². The van der Waals surface area contributed by atoms with Crippen molar-refractivity contribution in [1.29, 1.82) is 0 Å². The summed E-state index contributed by atoms with van der Waals surface area (Å²) in [5.41, 5.74) is -0.178. The van der Waals surface area contributed by atoms with Gasteiger partial charge in [0.15, 0.2) is 0 Å². The first-order valence-electron chi connectivity index (χ1n) is 7.03. The minimum atomic E-state index is -4.52. The molecule has 0 spiro atoms. The number of hydrogen-bond donors (Lipinski definition) is 1. The zero-order chi connectivity index (χ0) is 16.1. The van der Waals surface area contributed by atoms with Crippen LogP contribution < -0.4 is 5.32 Å². The molecule has 0 saturated heterocycles. The molecule has 0 amide bonds. The molecule has 1 N–H and O–H groups in total. The van der Waals surface area contributed by atoms with Crippen molar-refractivity contribution in [3.8, 4) is 0 Å². The fourth-order valence-electron chi connectivity index (χ4n) is 3.12. The first-order chi connectivity index (χ1) is 9.46. The van der Waals surface area contributed by atoms with Crippen LogP contribution in [0.1, 0.15) is 38.8 Å². The molecule has 0 radical (unpaired) electrons. The topological polar surface area (TPSA) is 12.0 Å². The molecule has 0 aromatic heterocycles. The number of rotatable bonds is 4. The molecule has 1 aliphatic rings. The van der Waals surface area contributed by atoms with Crippen molar-refractivity contribution in [1.82, 2.24) is 5.32 Å². The number of hydrogen-bond acceptors (Lipinski definition) is 1. The fourth-order valence-corrected chi connectivity index (χ4v) is 3.12. The highest BCUT2D eigenvalue weighted by molar-refractivity contribution is 5.27. The highest BCUT2D eigenvalue weighted by Crippen LogP contribution is 2.67. The second kappa shape index (κ2) is 4.97. The van der Waals surface area contributed by atoms with E-state index in [1.54, 1.807) is 0 Å². The maximum atomic E-state index is 13.3. The molecule has 0 aliphatic heterocycles. The third kappa shape index (κ3) is 3.07. The SMILES string of the molecule is CC1(C)C(CNCc2cc(F)cc(C(F)(F)F)c2)C1(C)C. The summed E-state index contributed by atoms with van der Waals surface area (Å²) in [5.74, 6) is -0.380. The molecular weight excluding hydrogens is 282 g/mol. The molecule has 118 valence electrons. The maximum Gasteiger partial charge on any atom is 0.416 e. The van der Waals surface area contributed by atoms with E-state index in [0.29, 0.717) is 17.5 Å².